The second-order valence-electron chi connectivity index (χ2n) is 9.14. The van der Waals surface area contributed by atoms with Gasteiger partial charge in [-0.15, -0.1) is 0 Å². The minimum Gasteiger partial charge on any atom is -0.352 e. The van der Waals surface area contributed by atoms with Gasteiger partial charge in [0.15, 0.2) is 5.82 Å². The molecule has 1 aliphatic rings. The lowest BCUT2D eigenvalue weighted by Crippen LogP contribution is -2.29. The molecule has 182 valence electrons. The van der Waals surface area contributed by atoms with E-state index in [1.165, 1.54) is 58.5 Å². The minimum atomic E-state index is 0.846. The van der Waals surface area contributed by atoms with Gasteiger partial charge in [-0.05, 0) is 68.9 Å². The second-order valence-corrected chi connectivity index (χ2v) is 9.91. The number of fused-ring (bicyclic) bond motifs is 1. The average Bonchev–Trinajstić information content (AvgIpc) is 3.14. The number of anilines is 3. The van der Waals surface area contributed by atoms with Crippen LogP contribution >= 0.6 is 12.0 Å². The highest BCUT2D eigenvalue weighted by molar-refractivity contribution is 7.94. The third-order valence-corrected chi connectivity index (χ3v) is 7.02. The number of aryl methyl sites for hydroxylation is 4. The molecule has 0 fully saturated rings. The molecule has 4 rings (SSSR count). The summed E-state index contributed by atoms with van der Waals surface area (Å²) in [7, 11) is 3.60. The van der Waals surface area contributed by atoms with Gasteiger partial charge < -0.3 is 9.80 Å². The first-order valence-electron chi connectivity index (χ1n) is 12.0. The lowest BCUT2D eigenvalue weighted by Gasteiger charge is -2.32. The summed E-state index contributed by atoms with van der Waals surface area (Å²) in [5.74, 6) is 2.36. The van der Waals surface area contributed by atoms with Gasteiger partial charge in [0.05, 0.1) is 19.2 Å². The van der Waals surface area contributed by atoms with Crippen LogP contribution in [0.3, 0.4) is 0 Å². The van der Waals surface area contributed by atoms with Gasteiger partial charge in [-0.1, -0.05) is 36.8 Å². The maximum absolute atomic E-state index is 5.07. The minimum absolute atomic E-state index is 0.846. The Balaban J connectivity index is 1.66. The summed E-state index contributed by atoms with van der Waals surface area (Å²) >= 11 is 1.22. The SMILES string of the molecule is CCCN(Cc1ccc(SOOC)cc1)c1c2c(nn1C)N(c1c(C)cc(C)cc1C)CCC2. The van der Waals surface area contributed by atoms with Crippen LogP contribution in [0.1, 0.15) is 47.6 Å². The number of benzene rings is 2. The molecule has 0 amide bonds. The van der Waals surface area contributed by atoms with Crippen LogP contribution in [0.4, 0.5) is 17.3 Å². The number of aromatic nitrogens is 2. The Kier molecular flexibility index (Phi) is 7.86. The van der Waals surface area contributed by atoms with Crippen LogP contribution in [0.5, 0.6) is 0 Å². The predicted molar refractivity (Wildman–Crippen MR) is 141 cm³/mol. The first kappa shape index (κ1) is 24.6. The highest BCUT2D eigenvalue weighted by atomic mass is 32.2. The molecule has 34 heavy (non-hydrogen) atoms. The van der Waals surface area contributed by atoms with Gasteiger partial charge in [0.25, 0.3) is 0 Å². The fraction of sp³-hybridized carbons (Fsp3) is 0.444. The summed E-state index contributed by atoms with van der Waals surface area (Å²) in [6, 6.07) is 13.0. The Hall–Kier alpha value is -2.48. The summed E-state index contributed by atoms with van der Waals surface area (Å²) in [5, 5.41) is 5.07. The van der Waals surface area contributed by atoms with Gasteiger partial charge in [-0.2, -0.15) is 9.43 Å². The van der Waals surface area contributed by atoms with Crippen molar-refractivity contribution in [3.63, 3.8) is 0 Å². The third-order valence-electron chi connectivity index (χ3n) is 6.35. The first-order chi connectivity index (χ1) is 16.4. The van der Waals surface area contributed by atoms with E-state index in [4.69, 9.17) is 9.43 Å². The number of nitrogens with zero attached hydrogens (tertiary/aromatic N) is 4. The van der Waals surface area contributed by atoms with Gasteiger partial charge in [0.2, 0.25) is 0 Å². The van der Waals surface area contributed by atoms with Crippen LogP contribution < -0.4 is 9.80 Å². The maximum atomic E-state index is 5.07. The monoisotopic (exact) mass is 480 g/mol. The Bertz CT molecular complexity index is 1100. The van der Waals surface area contributed by atoms with Crippen molar-refractivity contribution < 1.29 is 9.22 Å². The van der Waals surface area contributed by atoms with E-state index in [1.54, 1.807) is 0 Å². The number of hydrogen-bond donors (Lipinski definition) is 0. The molecule has 0 saturated carbocycles. The van der Waals surface area contributed by atoms with Gasteiger partial charge in [-0.3, -0.25) is 4.68 Å². The van der Waals surface area contributed by atoms with E-state index in [0.717, 1.165) is 49.6 Å². The van der Waals surface area contributed by atoms with Crippen molar-refractivity contribution in [2.45, 2.75) is 58.4 Å². The van der Waals surface area contributed by atoms with Crippen LogP contribution in [0.15, 0.2) is 41.3 Å². The highest BCUT2D eigenvalue weighted by Crippen LogP contribution is 2.41. The summed E-state index contributed by atoms with van der Waals surface area (Å²) in [4.78, 5) is 10.6. The zero-order chi connectivity index (χ0) is 24.2. The molecule has 0 bridgehead atoms. The molecule has 0 atom stereocenters. The van der Waals surface area contributed by atoms with Crippen molar-refractivity contribution >= 4 is 29.4 Å². The maximum Gasteiger partial charge on any atom is 0.160 e. The van der Waals surface area contributed by atoms with Crippen LogP contribution in [0.2, 0.25) is 0 Å². The molecule has 7 heteroatoms. The van der Waals surface area contributed by atoms with Crippen LogP contribution in [0, 0.1) is 20.8 Å². The highest BCUT2D eigenvalue weighted by Gasteiger charge is 2.29. The summed E-state index contributed by atoms with van der Waals surface area (Å²) in [6.07, 6.45) is 3.27. The molecule has 0 aliphatic carbocycles. The molecule has 3 aromatic rings. The van der Waals surface area contributed by atoms with Gasteiger partial charge in [0, 0.05) is 42.8 Å². The van der Waals surface area contributed by atoms with Crippen molar-refractivity contribution in [2.75, 3.05) is 30.0 Å². The Labute approximate surface area is 208 Å². The van der Waals surface area contributed by atoms with Crippen LogP contribution in [0.25, 0.3) is 0 Å². The molecule has 2 heterocycles. The van der Waals surface area contributed by atoms with E-state index in [-0.39, 0.29) is 0 Å². The van der Waals surface area contributed by atoms with E-state index in [9.17, 15) is 0 Å². The van der Waals surface area contributed by atoms with E-state index in [0.29, 0.717) is 0 Å². The van der Waals surface area contributed by atoms with Gasteiger partial charge >= 0.3 is 0 Å². The molecule has 1 aromatic heterocycles. The topological polar surface area (TPSA) is 42.8 Å². The van der Waals surface area contributed by atoms with Crippen molar-refractivity contribution in [3.8, 4) is 0 Å². The largest absolute Gasteiger partial charge is 0.352 e. The third kappa shape index (κ3) is 5.11. The number of hydrogen-bond acceptors (Lipinski definition) is 6. The van der Waals surface area contributed by atoms with Crippen molar-refractivity contribution in [2.24, 2.45) is 7.05 Å². The van der Waals surface area contributed by atoms with Crippen molar-refractivity contribution in [1.29, 1.82) is 0 Å². The molecular weight excluding hydrogens is 444 g/mol. The Morgan fingerprint density at radius 2 is 1.79 bits per heavy atom. The molecule has 0 saturated heterocycles. The van der Waals surface area contributed by atoms with E-state index >= 15 is 0 Å². The zero-order valence-electron chi connectivity index (χ0n) is 21.2. The molecule has 2 aromatic carbocycles. The van der Waals surface area contributed by atoms with E-state index in [2.05, 4.69) is 90.5 Å². The molecule has 0 spiro atoms. The van der Waals surface area contributed by atoms with Crippen LogP contribution in [-0.2, 0) is 29.2 Å². The molecule has 0 radical (unpaired) electrons. The Morgan fingerprint density at radius 3 is 2.44 bits per heavy atom. The summed E-state index contributed by atoms with van der Waals surface area (Å²) in [5.41, 5.74) is 7.89. The summed E-state index contributed by atoms with van der Waals surface area (Å²) in [6.45, 7) is 11.7. The lowest BCUT2D eigenvalue weighted by molar-refractivity contribution is -0.160. The number of rotatable bonds is 9. The normalized spacial score (nSPS) is 13.3. The van der Waals surface area contributed by atoms with Crippen molar-refractivity contribution in [3.05, 3.63) is 64.2 Å². The molecular formula is C27H36N4O2S. The lowest BCUT2D eigenvalue weighted by atomic mass is 10.00. The summed E-state index contributed by atoms with van der Waals surface area (Å²) < 4.78 is 7.07. The van der Waals surface area contributed by atoms with Crippen molar-refractivity contribution in [1.82, 2.24) is 9.78 Å². The van der Waals surface area contributed by atoms with Gasteiger partial charge in [-0.25, -0.2) is 4.89 Å². The van der Waals surface area contributed by atoms with Crippen LogP contribution in [-0.4, -0.2) is 30.0 Å². The average molecular weight is 481 g/mol. The zero-order valence-corrected chi connectivity index (χ0v) is 22.0. The molecule has 6 nitrogen and oxygen atoms in total. The second kappa shape index (κ2) is 10.8. The molecule has 0 unspecified atom stereocenters. The molecule has 0 N–H and O–H groups in total. The standard InChI is InChI=1S/C27H36N4O2S/c1-7-14-30(18-22-10-12-23(13-11-22)34-33-32-6)27-24-9-8-15-31(26(24)28-29(27)5)25-20(3)16-19(2)17-21(25)4/h10-13,16-17H,7-9,14-15,18H2,1-6H3. The van der Waals surface area contributed by atoms with E-state index < -0.39 is 0 Å². The Morgan fingerprint density at radius 1 is 1.09 bits per heavy atom. The van der Waals surface area contributed by atoms with Gasteiger partial charge in [0.1, 0.15) is 5.82 Å². The van der Waals surface area contributed by atoms with E-state index in [1.807, 2.05) is 0 Å². The fourth-order valence-corrected chi connectivity index (χ4v) is 5.58. The molecule has 1 aliphatic heterocycles. The predicted octanol–water partition coefficient (Wildman–Crippen LogP) is 6.43. The smallest absolute Gasteiger partial charge is 0.160 e. The fourth-order valence-electron chi connectivity index (χ4n) is 5.19. The quantitative estimate of drug-likeness (QED) is 0.200. The first-order valence-corrected chi connectivity index (χ1v) is 12.8.